The summed E-state index contributed by atoms with van der Waals surface area (Å²) < 4.78 is 31.6. The van der Waals surface area contributed by atoms with Crippen LogP contribution in [0.5, 0.6) is 17.2 Å². The molecule has 178 valence electrons. The molecule has 35 heavy (non-hydrogen) atoms. The lowest BCUT2D eigenvalue weighted by molar-refractivity contribution is 0.101. The van der Waals surface area contributed by atoms with Crippen molar-refractivity contribution in [2.75, 3.05) is 27.3 Å². The van der Waals surface area contributed by atoms with Crippen molar-refractivity contribution in [2.24, 2.45) is 0 Å². The van der Waals surface area contributed by atoms with E-state index >= 15 is 0 Å². The fraction of sp³-hybridized carbons (Fsp3) is 0.207. The molecule has 0 aliphatic carbocycles. The van der Waals surface area contributed by atoms with E-state index in [9.17, 15) is 9.18 Å². The van der Waals surface area contributed by atoms with Gasteiger partial charge in [0.25, 0.3) is 0 Å². The maximum absolute atomic E-state index is 14.3. The highest BCUT2D eigenvalue weighted by molar-refractivity contribution is 6.17. The Bertz CT molecular complexity index is 1330. The predicted molar refractivity (Wildman–Crippen MR) is 133 cm³/mol. The molecule has 0 fully saturated rings. The summed E-state index contributed by atoms with van der Waals surface area (Å²) >= 11 is 0. The topological polar surface area (TPSA) is 48.0 Å². The van der Waals surface area contributed by atoms with E-state index < -0.39 is 5.82 Å². The van der Waals surface area contributed by atoms with Crippen LogP contribution in [0.1, 0.15) is 33.5 Å². The minimum Gasteiger partial charge on any atom is -0.496 e. The highest BCUT2D eigenvalue weighted by Gasteiger charge is 2.37. The summed E-state index contributed by atoms with van der Waals surface area (Å²) in [7, 11) is 3.09. The Labute approximate surface area is 204 Å². The van der Waals surface area contributed by atoms with Crippen LogP contribution < -0.4 is 14.2 Å². The van der Waals surface area contributed by atoms with Crippen LogP contribution in [0.4, 0.5) is 4.39 Å². The number of ketones is 1. The van der Waals surface area contributed by atoms with Crippen molar-refractivity contribution in [1.29, 1.82) is 0 Å². The van der Waals surface area contributed by atoms with E-state index in [0.29, 0.717) is 22.8 Å². The van der Waals surface area contributed by atoms with Crippen molar-refractivity contribution in [1.82, 2.24) is 4.90 Å². The van der Waals surface area contributed by atoms with Gasteiger partial charge in [-0.25, -0.2) is 4.39 Å². The van der Waals surface area contributed by atoms with Crippen molar-refractivity contribution in [2.45, 2.75) is 13.0 Å². The Kier molecular flexibility index (Phi) is 6.38. The highest BCUT2D eigenvalue weighted by Crippen LogP contribution is 2.49. The summed E-state index contributed by atoms with van der Waals surface area (Å²) in [4.78, 5) is 15.7. The predicted octanol–water partition coefficient (Wildman–Crippen LogP) is 5.75. The SMILES string of the molecule is COc1cc(OC)c(C2=CCN(Cc3ccccc3)CC2)c2c1C(=O)C(=Cc1ccccc1F)O2. The fourth-order valence-corrected chi connectivity index (χ4v) is 4.59. The lowest BCUT2D eigenvalue weighted by Crippen LogP contribution is -2.28. The molecule has 2 aliphatic rings. The molecule has 0 amide bonds. The summed E-state index contributed by atoms with van der Waals surface area (Å²) in [5.74, 6) is 0.626. The lowest BCUT2D eigenvalue weighted by Gasteiger charge is -2.27. The molecule has 5 nitrogen and oxygen atoms in total. The zero-order valence-electron chi connectivity index (χ0n) is 19.7. The largest absolute Gasteiger partial charge is 0.496 e. The van der Waals surface area contributed by atoms with Gasteiger partial charge in [0, 0.05) is 31.3 Å². The van der Waals surface area contributed by atoms with Crippen LogP contribution in [0.2, 0.25) is 0 Å². The van der Waals surface area contributed by atoms with Crippen LogP contribution in [-0.2, 0) is 6.54 Å². The molecule has 5 rings (SSSR count). The number of carbonyl (C=O) groups is 1. The van der Waals surface area contributed by atoms with Crippen LogP contribution in [0.3, 0.4) is 0 Å². The zero-order chi connectivity index (χ0) is 24.4. The van der Waals surface area contributed by atoms with E-state index in [1.807, 2.05) is 18.2 Å². The second-order valence-corrected chi connectivity index (χ2v) is 8.52. The van der Waals surface area contributed by atoms with Gasteiger partial charge in [-0.1, -0.05) is 54.6 Å². The van der Waals surface area contributed by atoms with Gasteiger partial charge in [-0.3, -0.25) is 9.69 Å². The quantitative estimate of drug-likeness (QED) is 0.429. The number of ether oxygens (including phenoxy) is 3. The summed E-state index contributed by atoms with van der Waals surface area (Å²) in [6.07, 6.45) is 4.36. The number of fused-ring (bicyclic) bond motifs is 1. The third-order valence-electron chi connectivity index (χ3n) is 6.37. The van der Waals surface area contributed by atoms with Gasteiger partial charge in [0.1, 0.15) is 22.9 Å². The number of methoxy groups -OCH3 is 2. The van der Waals surface area contributed by atoms with Crippen LogP contribution >= 0.6 is 0 Å². The van der Waals surface area contributed by atoms with Gasteiger partial charge >= 0.3 is 0 Å². The monoisotopic (exact) mass is 471 g/mol. The average Bonchev–Trinajstić information content (AvgIpc) is 3.21. The zero-order valence-corrected chi connectivity index (χ0v) is 19.7. The Morgan fingerprint density at radius 2 is 1.71 bits per heavy atom. The molecule has 3 aromatic rings. The average molecular weight is 472 g/mol. The molecule has 0 saturated heterocycles. The van der Waals surface area contributed by atoms with E-state index in [2.05, 4.69) is 23.1 Å². The van der Waals surface area contributed by atoms with Crippen LogP contribution in [0, 0.1) is 5.82 Å². The third-order valence-corrected chi connectivity index (χ3v) is 6.37. The first-order valence-electron chi connectivity index (χ1n) is 11.5. The second-order valence-electron chi connectivity index (χ2n) is 8.52. The summed E-state index contributed by atoms with van der Waals surface area (Å²) in [5.41, 5.74) is 3.67. The van der Waals surface area contributed by atoms with Crippen molar-refractivity contribution in [3.8, 4) is 17.2 Å². The van der Waals surface area contributed by atoms with E-state index in [4.69, 9.17) is 14.2 Å². The van der Waals surface area contributed by atoms with Gasteiger partial charge in [0.05, 0.1) is 19.8 Å². The molecule has 6 heteroatoms. The Morgan fingerprint density at radius 1 is 1.00 bits per heavy atom. The molecular weight excluding hydrogens is 445 g/mol. The molecule has 0 radical (unpaired) electrons. The number of benzene rings is 3. The van der Waals surface area contributed by atoms with E-state index in [1.165, 1.54) is 24.8 Å². The molecule has 0 N–H and O–H groups in total. The molecule has 2 heterocycles. The Balaban J connectivity index is 1.51. The van der Waals surface area contributed by atoms with Crippen molar-refractivity contribution in [3.05, 3.63) is 101 Å². The fourth-order valence-electron chi connectivity index (χ4n) is 4.59. The summed E-state index contributed by atoms with van der Waals surface area (Å²) in [5, 5.41) is 0. The molecule has 0 spiro atoms. The lowest BCUT2D eigenvalue weighted by atomic mass is 9.94. The summed E-state index contributed by atoms with van der Waals surface area (Å²) in [6, 6.07) is 18.4. The molecule has 0 saturated carbocycles. The molecule has 0 atom stereocenters. The van der Waals surface area contributed by atoms with Gasteiger partial charge in [0.15, 0.2) is 11.5 Å². The second kappa shape index (κ2) is 9.76. The van der Waals surface area contributed by atoms with E-state index in [1.54, 1.807) is 31.4 Å². The minimum atomic E-state index is -0.425. The molecule has 0 unspecified atom stereocenters. The molecule has 2 aliphatic heterocycles. The van der Waals surface area contributed by atoms with E-state index in [-0.39, 0.29) is 17.1 Å². The number of allylic oxidation sites excluding steroid dienone is 1. The van der Waals surface area contributed by atoms with Crippen LogP contribution in [0.25, 0.3) is 11.6 Å². The summed E-state index contributed by atoms with van der Waals surface area (Å²) in [6.45, 7) is 2.49. The van der Waals surface area contributed by atoms with Crippen LogP contribution in [-0.4, -0.2) is 38.0 Å². The Morgan fingerprint density at radius 3 is 2.40 bits per heavy atom. The van der Waals surface area contributed by atoms with Crippen molar-refractivity contribution >= 4 is 17.4 Å². The minimum absolute atomic E-state index is 0.0556. The smallest absolute Gasteiger partial charge is 0.235 e. The van der Waals surface area contributed by atoms with E-state index in [0.717, 1.165) is 37.2 Å². The molecule has 0 aromatic heterocycles. The standard InChI is InChI=1S/C29H26FNO4/c1-33-23-17-24(34-2)27-28(32)25(16-21-10-6-7-11-22(21)30)35-29(27)26(23)20-12-14-31(15-13-20)18-19-8-4-3-5-9-19/h3-12,16-17H,13-15,18H2,1-2H3. The highest BCUT2D eigenvalue weighted by atomic mass is 19.1. The normalized spacial score (nSPS) is 16.6. The number of halogens is 1. The third kappa shape index (κ3) is 4.45. The van der Waals surface area contributed by atoms with Gasteiger partial charge in [0.2, 0.25) is 5.78 Å². The van der Waals surface area contributed by atoms with Crippen LogP contribution in [0.15, 0.2) is 72.5 Å². The molecule has 0 bridgehead atoms. The maximum Gasteiger partial charge on any atom is 0.235 e. The van der Waals surface area contributed by atoms with Crippen molar-refractivity contribution in [3.63, 3.8) is 0 Å². The Hall–Kier alpha value is -3.90. The first-order chi connectivity index (χ1) is 17.1. The van der Waals surface area contributed by atoms with Crippen molar-refractivity contribution < 1.29 is 23.4 Å². The van der Waals surface area contributed by atoms with Gasteiger partial charge in [-0.15, -0.1) is 0 Å². The van der Waals surface area contributed by atoms with Gasteiger partial charge < -0.3 is 14.2 Å². The van der Waals surface area contributed by atoms with Gasteiger partial charge in [-0.2, -0.15) is 0 Å². The maximum atomic E-state index is 14.3. The molecule has 3 aromatic carbocycles. The first-order valence-corrected chi connectivity index (χ1v) is 11.5. The number of hydrogen-bond donors (Lipinski definition) is 0. The first kappa shape index (κ1) is 22.9. The number of hydrogen-bond acceptors (Lipinski definition) is 5. The van der Waals surface area contributed by atoms with Gasteiger partial charge in [-0.05, 0) is 29.7 Å². The number of carbonyl (C=O) groups excluding carboxylic acids is 1. The number of nitrogens with zero attached hydrogens (tertiary/aromatic N) is 1. The molecular formula is C29H26FNO4. The number of rotatable bonds is 6. The number of Topliss-reactive ketones (excluding diaryl/α,β-unsaturated/α-hetero) is 1.